The molecule has 0 atom stereocenters. The Labute approximate surface area is 82.1 Å². The van der Waals surface area contributed by atoms with Crippen LogP contribution >= 0.6 is 0 Å². The highest BCUT2D eigenvalue weighted by molar-refractivity contribution is 5.93. The largest absolute Gasteiger partial charge is 0.459 e. The molecule has 0 aliphatic carbocycles. The van der Waals surface area contributed by atoms with E-state index in [1.807, 2.05) is 0 Å². The maximum Gasteiger partial charge on any atom is 0.349 e. The van der Waals surface area contributed by atoms with Gasteiger partial charge < -0.3 is 9.84 Å². The van der Waals surface area contributed by atoms with Gasteiger partial charge in [-0.1, -0.05) is 0 Å². The highest BCUT2D eigenvalue weighted by Gasteiger charge is 2.08. The van der Waals surface area contributed by atoms with Crippen molar-refractivity contribution in [2.24, 2.45) is 0 Å². The molecular formula is C9H10N2O3. The van der Waals surface area contributed by atoms with Gasteiger partial charge in [-0.25, -0.2) is 4.79 Å². The molecule has 0 radical (unpaired) electrons. The Morgan fingerprint density at radius 1 is 1.50 bits per heavy atom. The zero-order valence-corrected chi connectivity index (χ0v) is 7.56. The third-order valence-electron chi connectivity index (χ3n) is 0.874. The zero-order chi connectivity index (χ0) is 11.4. The molecule has 0 saturated carbocycles. The first-order chi connectivity index (χ1) is 6.76. The van der Waals surface area contributed by atoms with E-state index >= 15 is 0 Å². The minimum absolute atomic E-state index is 0.177. The van der Waals surface area contributed by atoms with E-state index in [4.69, 9.17) is 15.6 Å². The summed E-state index contributed by atoms with van der Waals surface area (Å²) in [5.74, 6) is -0.895. The number of nitriles is 2. The number of allylic oxidation sites excluding steroid dienone is 1. The maximum absolute atomic E-state index is 10.7. The number of ether oxygens (including phenoxy) is 1. The third kappa shape index (κ3) is 6.59. The van der Waals surface area contributed by atoms with Gasteiger partial charge in [0.2, 0.25) is 0 Å². The quantitative estimate of drug-likeness (QED) is 0.302. The second-order valence-electron chi connectivity index (χ2n) is 1.66. The number of carbonyl (C=O) groups excluding carboxylic acids is 1. The minimum Gasteiger partial charge on any atom is -0.459 e. The molecule has 0 aliphatic heterocycles. The maximum atomic E-state index is 10.7. The second-order valence-corrected chi connectivity index (χ2v) is 1.66. The summed E-state index contributed by atoms with van der Waals surface area (Å²) < 4.78 is 4.37. The van der Waals surface area contributed by atoms with Crippen molar-refractivity contribution < 1.29 is 14.6 Å². The molecule has 0 unspecified atom stereocenters. The molecule has 0 saturated heterocycles. The molecule has 74 valence electrons. The predicted molar refractivity (Wildman–Crippen MR) is 48.6 cm³/mol. The van der Waals surface area contributed by atoms with Crippen LogP contribution in [0, 0.1) is 22.7 Å². The molecule has 0 rings (SSSR count). The van der Waals surface area contributed by atoms with Gasteiger partial charge >= 0.3 is 5.97 Å². The summed E-state index contributed by atoms with van der Waals surface area (Å²) in [6.45, 7) is 5.51. The summed E-state index contributed by atoms with van der Waals surface area (Å²) in [5.41, 5.74) is -0.369. The number of esters is 1. The summed E-state index contributed by atoms with van der Waals surface area (Å²) in [5, 5.41) is 24.7. The topological polar surface area (TPSA) is 94.1 Å². The van der Waals surface area contributed by atoms with Crippen LogP contribution in [0.3, 0.4) is 0 Å². The van der Waals surface area contributed by atoms with Gasteiger partial charge in [-0.05, 0) is 0 Å². The first kappa shape index (κ1) is 14.4. The van der Waals surface area contributed by atoms with Crippen LogP contribution in [-0.2, 0) is 9.53 Å². The molecule has 1 N–H and O–H groups in total. The SMILES string of the molecule is C=C.N#C/C=C(/C#N)C(=O)OCCO. The molecule has 5 nitrogen and oxygen atoms in total. The third-order valence-corrected chi connectivity index (χ3v) is 0.874. The Kier molecular flexibility index (Phi) is 11.2. The highest BCUT2D eigenvalue weighted by atomic mass is 16.5. The average molecular weight is 194 g/mol. The Hall–Kier alpha value is -2.11. The van der Waals surface area contributed by atoms with E-state index in [0.717, 1.165) is 6.08 Å². The Bertz CT molecular complexity index is 283. The number of hydrogen-bond acceptors (Lipinski definition) is 5. The van der Waals surface area contributed by atoms with Crippen molar-refractivity contribution in [2.75, 3.05) is 13.2 Å². The molecule has 0 aliphatic rings. The van der Waals surface area contributed by atoms with E-state index in [-0.39, 0.29) is 18.8 Å². The van der Waals surface area contributed by atoms with E-state index in [1.54, 1.807) is 0 Å². The molecule has 14 heavy (non-hydrogen) atoms. The molecule has 0 aromatic heterocycles. The van der Waals surface area contributed by atoms with E-state index in [1.165, 1.54) is 12.1 Å². The van der Waals surface area contributed by atoms with Gasteiger partial charge in [0.1, 0.15) is 18.2 Å². The number of nitrogens with zero attached hydrogens (tertiary/aromatic N) is 2. The van der Waals surface area contributed by atoms with Gasteiger partial charge in [-0.2, -0.15) is 10.5 Å². The van der Waals surface area contributed by atoms with Gasteiger partial charge in [-0.15, -0.1) is 13.2 Å². The van der Waals surface area contributed by atoms with Gasteiger partial charge in [-0.3, -0.25) is 0 Å². The van der Waals surface area contributed by atoms with Crippen molar-refractivity contribution in [1.82, 2.24) is 0 Å². The van der Waals surface area contributed by atoms with E-state index in [2.05, 4.69) is 17.9 Å². The number of aliphatic hydroxyl groups excluding tert-OH is 1. The van der Waals surface area contributed by atoms with Crippen molar-refractivity contribution in [2.45, 2.75) is 0 Å². The lowest BCUT2D eigenvalue weighted by Gasteiger charge is -1.98. The molecule has 0 amide bonds. The zero-order valence-electron chi connectivity index (χ0n) is 7.56. The molecular weight excluding hydrogens is 184 g/mol. The van der Waals surface area contributed by atoms with E-state index < -0.39 is 5.97 Å². The number of hydrogen-bond donors (Lipinski definition) is 1. The number of aliphatic hydroxyl groups is 1. The molecule has 0 spiro atoms. The summed E-state index contributed by atoms with van der Waals surface area (Å²) in [4.78, 5) is 10.7. The summed E-state index contributed by atoms with van der Waals surface area (Å²) in [6, 6.07) is 3.02. The Morgan fingerprint density at radius 2 is 2.07 bits per heavy atom. The molecule has 5 heteroatoms. The Balaban J connectivity index is 0. The van der Waals surface area contributed by atoms with Crippen LogP contribution < -0.4 is 0 Å². The predicted octanol–water partition coefficient (Wildman–Crippen LogP) is 0.298. The average Bonchev–Trinajstić information content (AvgIpc) is 2.25. The van der Waals surface area contributed by atoms with Crippen LogP contribution in [0.2, 0.25) is 0 Å². The van der Waals surface area contributed by atoms with Crippen LogP contribution in [0.25, 0.3) is 0 Å². The smallest absolute Gasteiger partial charge is 0.349 e. The van der Waals surface area contributed by atoms with Gasteiger partial charge in [0, 0.05) is 6.08 Å². The standard InChI is InChI=1S/C7H6N2O3.C2H4/c8-2-1-6(5-9)7(11)12-4-3-10;1-2/h1,10H,3-4H2;1-2H2/b6-1-;. The van der Waals surface area contributed by atoms with Crippen LogP contribution in [0.5, 0.6) is 0 Å². The lowest BCUT2D eigenvalue weighted by atomic mass is 10.3. The molecule has 0 aromatic carbocycles. The fourth-order valence-electron chi connectivity index (χ4n) is 0.417. The molecule has 0 bridgehead atoms. The first-order valence-corrected chi connectivity index (χ1v) is 3.54. The van der Waals surface area contributed by atoms with Crippen molar-refractivity contribution in [3.8, 4) is 12.1 Å². The number of carbonyl (C=O) groups is 1. The highest BCUT2D eigenvalue weighted by Crippen LogP contribution is 1.94. The molecule has 0 heterocycles. The van der Waals surface area contributed by atoms with Gasteiger partial charge in [0.05, 0.1) is 12.7 Å². The van der Waals surface area contributed by atoms with Crippen LogP contribution in [0.4, 0.5) is 0 Å². The van der Waals surface area contributed by atoms with E-state index in [9.17, 15) is 4.79 Å². The summed E-state index contributed by atoms with van der Waals surface area (Å²) in [6.07, 6.45) is 0.791. The lowest BCUT2D eigenvalue weighted by molar-refractivity contribution is -0.139. The van der Waals surface area contributed by atoms with Crippen molar-refractivity contribution >= 4 is 5.97 Å². The Morgan fingerprint density at radius 3 is 2.43 bits per heavy atom. The number of rotatable bonds is 3. The second kappa shape index (κ2) is 10.9. The summed E-state index contributed by atoms with van der Waals surface area (Å²) in [7, 11) is 0. The molecule has 0 fully saturated rings. The fraction of sp³-hybridized carbons (Fsp3) is 0.222. The minimum atomic E-state index is -0.895. The fourth-order valence-corrected chi connectivity index (χ4v) is 0.417. The van der Waals surface area contributed by atoms with Gasteiger partial charge in [0.25, 0.3) is 0 Å². The van der Waals surface area contributed by atoms with Crippen LogP contribution in [-0.4, -0.2) is 24.3 Å². The van der Waals surface area contributed by atoms with Crippen LogP contribution in [0.1, 0.15) is 0 Å². The van der Waals surface area contributed by atoms with Gasteiger partial charge in [0.15, 0.2) is 0 Å². The lowest BCUT2D eigenvalue weighted by Crippen LogP contribution is -2.09. The molecule has 0 aromatic rings. The van der Waals surface area contributed by atoms with Crippen molar-refractivity contribution in [3.05, 3.63) is 24.8 Å². The van der Waals surface area contributed by atoms with Crippen molar-refractivity contribution in [1.29, 1.82) is 10.5 Å². The first-order valence-electron chi connectivity index (χ1n) is 3.54. The monoisotopic (exact) mass is 194 g/mol. The summed E-state index contributed by atoms with van der Waals surface area (Å²) >= 11 is 0. The van der Waals surface area contributed by atoms with Crippen molar-refractivity contribution in [3.63, 3.8) is 0 Å². The van der Waals surface area contributed by atoms with Crippen LogP contribution in [0.15, 0.2) is 24.8 Å². The normalized spacial score (nSPS) is 8.64. The van der Waals surface area contributed by atoms with E-state index in [0.29, 0.717) is 0 Å².